The Morgan fingerprint density at radius 1 is 1.08 bits per heavy atom. The summed E-state index contributed by atoms with van der Waals surface area (Å²) in [4.78, 5) is 0. The van der Waals surface area contributed by atoms with Crippen LogP contribution in [0.25, 0.3) is 0 Å². The van der Waals surface area contributed by atoms with E-state index in [4.69, 9.17) is 4.74 Å². The highest BCUT2D eigenvalue weighted by molar-refractivity contribution is 5.30. The SMILES string of the molecule is Cc1cc(F)ccc1C(O)CNC1(c2ccc(F)cc2)CCOCC1. The zero-order valence-electron chi connectivity index (χ0n) is 14.3. The molecule has 0 spiro atoms. The van der Waals surface area contributed by atoms with Gasteiger partial charge in [0.2, 0.25) is 0 Å². The zero-order valence-corrected chi connectivity index (χ0v) is 14.3. The fraction of sp³-hybridized carbons (Fsp3) is 0.400. The van der Waals surface area contributed by atoms with E-state index in [1.165, 1.54) is 24.3 Å². The molecule has 3 nitrogen and oxygen atoms in total. The number of ether oxygens (including phenoxy) is 1. The molecule has 5 heteroatoms. The van der Waals surface area contributed by atoms with Crippen molar-refractivity contribution in [3.05, 3.63) is 70.8 Å². The van der Waals surface area contributed by atoms with Crippen LogP contribution in [0.15, 0.2) is 42.5 Å². The molecule has 1 atom stereocenters. The molecular formula is C20H23F2NO2. The Labute approximate surface area is 146 Å². The van der Waals surface area contributed by atoms with Crippen LogP contribution in [0.1, 0.15) is 35.6 Å². The monoisotopic (exact) mass is 347 g/mol. The summed E-state index contributed by atoms with van der Waals surface area (Å²) in [5.74, 6) is -0.582. The first kappa shape index (κ1) is 18.0. The van der Waals surface area contributed by atoms with E-state index >= 15 is 0 Å². The molecule has 1 heterocycles. The Morgan fingerprint density at radius 3 is 2.36 bits per heavy atom. The fourth-order valence-electron chi connectivity index (χ4n) is 3.47. The Kier molecular flexibility index (Phi) is 5.47. The topological polar surface area (TPSA) is 41.5 Å². The molecule has 134 valence electrons. The van der Waals surface area contributed by atoms with Crippen molar-refractivity contribution < 1.29 is 18.6 Å². The van der Waals surface area contributed by atoms with Gasteiger partial charge in [0, 0.05) is 25.3 Å². The molecule has 25 heavy (non-hydrogen) atoms. The Hall–Kier alpha value is -1.82. The first-order valence-electron chi connectivity index (χ1n) is 8.53. The minimum absolute atomic E-state index is 0.270. The number of rotatable bonds is 5. The van der Waals surface area contributed by atoms with Crippen LogP contribution in [-0.4, -0.2) is 24.9 Å². The van der Waals surface area contributed by atoms with Crippen LogP contribution in [0.2, 0.25) is 0 Å². The average molecular weight is 347 g/mol. The lowest BCUT2D eigenvalue weighted by Crippen LogP contribution is -2.48. The summed E-state index contributed by atoms with van der Waals surface area (Å²) in [5.41, 5.74) is 2.05. The Bertz CT molecular complexity index is 712. The van der Waals surface area contributed by atoms with Gasteiger partial charge in [-0.25, -0.2) is 8.78 Å². The molecule has 3 rings (SSSR count). The highest BCUT2D eigenvalue weighted by Gasteiger charge is 2.34. The molecule has 1 aliphatic rings. The van der Waals surface area contributed by atoms with Gasteiger partial charge in [-0.2, -0.15) is 0 Å². The van der Waals surface area contributed by atoms with Gasteiger partial charge in [0.1, 0.15) is 11.6 Å². The molecule has 0 amide bonds. The number of hydrogen-bond donors (Lipinski definition) is 2. The molecule has 0 aliphatic carbocycles. The zero-order chi connectivity index (χ0) is 17.9. The number of aryl methyl sites for hydroxylation is 1. The highest BCUT2D eigenvalue weighted by Crippen LogP contribution is 2.33. The number of aliphatic hydroxyl groups is 1. The predicted octanol–water partition coefficient (Wildman–Crippen LogP) is 3.60. The van der Waals surface area contributed by atoms with Gasteiger partial charge in [0.15, 0.2) is 0 Å². The maximum atomic E-state index is 13.3. The third kappa shape index (κ3) is 4.06. The van der Waals surface area contributed by atoms with E-state index in [1.807, 2.05) is 0 Å². The molecule has 1 unspecified atom stereocenters. The molecule has 0 saturated carbocycles. The minimum Gasteiger partial charge on any atom is -0.387 e. The van der Waals surface area contributed by atoms with Crippen LogP contribution < -0.4 is 5.32 Å². The molecule has 1 fully saturated rings. The van der Waals surface area contributed by atoms with Crippen molar-refractivity contribution in [3.63, 3.8) is 0 Å². The van der Waals surface area contributed by atoms with Crippen molar-refractivity contribution in [2.24, 2.45) is 0 Å². The number of halogens is 2. The number of benzene rings is 2. The van der Waals surface area contributed by atoms with Crippen LogP contribution in [-0.2, 0) is 10.3 Å². The van der Waals surface area contributed by atoms with Crippen molar-refractivity contribution in [2.75, 3.05) is 19.8 Å². The fourth-order valence-corrected chi connectivity index (χ4v) is 3.47. The van der Waals surface area contributed by atoms with Crippen LogP contribution in [0, 0.1) is 18.6 Å². The second-order valence-corrected chi connectivity index (χ2v) is 6.60. The summed E-state index contributed by atoms with van der Waals surface area (Å²) in [7, 11) is 0. The number of aliphatic hydroxyl groups excluding tert-OH is 1. The van der Waals surface area contributed by atoms with Crippen LogP contribution >= 0.6 is 0 Å². The van der Waals surface area contributed by atoms with Gasteiger partial charge in [-0.1, -0.05) is 18.2 Å². The van der Waals surface area contributed by atoms with E-state index in [-0.39, 0.29) is 17.2 Å². The van der Waals surface area contributed by atoms with Crippen molar-refractivity contribution in [3.8, 4) is 0 Å². The number of hydrogen-bond acceptors (Lipinski definition) is 3. The largest absolute Gasteiger partial charge is 0.387 e. The van der Waals surface area contributed by atoms with Gasteiger partial charge >= 0.3 is 0 Å². The summed E-state index contributed by atoms with van der Waals surface area (Å²) in [5, 5.41) is 14.0. The molecule has 0 radical (unpaired) electrons. The van der Waals surface area contributed by atoms with Crippen LogP contribution in [0.3, 0.4) is 0 Å². The van der Waals surface area contributed by atoms with Crippen molar-refractivity contribution in [1.29, 1.82) is 0 Å². The molecule has 1 aliphatic heterocycles. The third-order valence-corrected chi connectivity index (χ3v) is 4.97. The molecule has 0 aromatic heterocycles. The summed E-state index contributed by atoms with van der Waals surface area (Å²) in [6.45, 7) is 3.32. The van der Waals surface area contributed by atoms with Crippen molar-refractivity contribution >= 4 is 0 Å². The first-order valence-corrected chi connectivity index (χ1v) is 8.53. The minimum atomic E-state index is -0.749. The van der Waals surface area contributed by atoms with Crippen LogP contribution in [0.5, 0.6) is 0 Å². The summed E-state index contributed by atoms with van der Waals surface area (Å²) >= 11 is 0. The molecule has 1 saturated heterocycles. The molecule has 2 N–H and O–H groups in total. The first-order chi connectivity index (χ1) is 12.0. The molecule has 2 aromatic rings. The number of nitrogens with one attached hydrogen (secondary N) is 1. The summed E-state index contributed by atoms with van der Waals surface area (Å²) < 4.78 is 32.0. The highest BCUT2D eigenvalue weighted by atomic mass is 19.1. The standard InChI is InChI=1S/C20H23F2NO2/c1-14-12-17(22)6-7-18(14)19(24)13-23-20(8-10-25-11-9-20)15-2-4-16(21)5-3-15/h2-7,12,19,23-24H,8-11,13H2,1H3. The quantitative estimate of drug-likeness (QED) is 0.868. The lowest BCUT2D eigenvalue weighted by molar-refractivity contribution is 0.0298. The third-order valence-electron chi connectivity index (χ3n) is 4.97. The maximum Gasteiger partial charge on any atom is 0.123 e. The van der Waals surface area contributed by atoms with Crippen molar-refractivity contribution in [1.82, 2.24) is 5.32 Å². The van der Waals surface area contributed by atoms with Gasteiger partial charge < -0.3 is 15.2 Å². The van der Waals surface area contributed by atoms with Gasteiger partial charge in [-0.05, 0) is 60.7 Å². The predicted molar refractivity (Wildman–Crippen MR) is 92.2 cm³/mol. The second kappa shape index (κ2) is 7.60. The van der Waals surface area contributed by atoms with E-state index in [2.05, 4.69) is 5.32 Å². The van der Waals surface area contributed by atoms with Gasteiger partial charge in [-0.15, -0.1) is 0 Å². The maximum absolute atomic E-state index is 13.3. The molecular weight excluding hydrogens is 324 g/mol. The van der Waals surface area contributed by atoms with E-state index < -0.39 is 6.10 Å². The van der Waals surface area contributed by atoms with Crippen molar-refractivity contribution in [2.45, 2.75) is 31.4 Å². The average Bonchev–Trinajstić information content (AvgIpc) is 2.61. The summed E-state index contributed by atoms with van der Waals surface area (Å²) in [6, 6.07) is 10.9. The smallest absolute Gasteiger partial charge is 0.123 e. The van der Waals surface area contributed by atoms with Gasteiger partial charge in [0.05, 0.1) is 6.10 Å². The summed E-state index contributed by atoms with van der Waals surface area (Å²) in [6.07, 6.45) is 0.738. The van der Waals surface area contributed by atoms with E-state index in [0.29, 0.717) is 25.3 Å². The lowest BCUT2D eigenvalue weighted by atomic mass is 9.82. The van der Waals surface area contributed by atoms with Crippen LogP contribution in [0.4, 0.5) is 8.78 Å². The van der Waals surface area contributed by atoms with E-state index in [0.717, 1.165) is 24.0 Å². The second-order valence-electron chi connectivity index (χ2n) is 6.60. The Morgan fingerprint density at radius 2 is 1.72 bits per heavy atom. The Balaban J connectivity index is 1.78. The van der Waals surface area contributed by atoms with Gasteiger partial charge in [-0.3, -0.25) is 0 Å². The van der Waals surface area contributed by atoms with Gasteiger partial charge in [0.25, 0.3) is 0 Å². The lowest BCUT2D eigenvalue weighted by Gasteiger charge is -2.39. The molecule has 2 aromatic carbocycles. The normalized spacial score (nSPS) is 18.1. The van der Waals surface area contributed by atoms with E-state index in [9.17, 15) is 13.9 Å². The molecule has 0 bridgehead atoms. The van der Waals surface area contributed by atoms with E-state index in [1.54, 1.807) is 25.1 Å².